The molecule has 0 aliphatic rings. The van der Waals surface area contributed by atoms with Gasteiger partial charge in [-0.15, -0.1) is 0 Å². The number of ether oxygens (including phenoxy) is 3. The lowest BCUT2D eigenvalue weighted by atomic mass is 9.86. The summed E-state index contributed by atoms with van der Waals surface area (Å²) in [4.78, 5) is 12.2. The zero-order chi connectivity index (χ0) is 16.2. The summed E-state index contributed by atoms with van der Waals surface area (Å²) in [5.41, 5.74) is -1.17. The first-order valence-corrected chi connectivity index (χ1v) is 6.66. The van der Waals surface area contributed by atoms with E-state index in [1.54, 1.807) is 48.5 Å². The summed E-state index contributed by atoms with van der Waals surface area (Å²) in [6.45, 7) is 0. The van der Waals surface area contributed by atoms with Crippen LogP contribution in [-0.4, -0.2) is 32.4 Å². The lowest BCUT2D eigenvalue weighted by molar-refractivity contribution is -0.158. The van der Waals surface area contributed by atoms with E-state index in [4.69, 9.17) is 14.2 Å². The maximum Gasteiger partial charge on any atom is 0.347 e. The molecule has 5 nitrogen and oxygen atoms in total. The Bertz CT molecular complexity index is 653. The first-order chi connectivity index (χ1) is 10.6. The molecular weight excluding hydrogens is 284 g/mol. The van der Waals surface area contributed by atoms with Crippen LogP contribution >= 0.6 is 0 Å². The van der Waals surface area contributed by atoms with Crippen molar-refractivity contribution in [1.82, 2.24) is 0 Å². The van der Waals surface area contributed by atoms with E-state index in [2.05, 4.69) is 0 Å². The van der Waals surface area contributed by atoms with Gasteiger partial charge in [-0.3, -0.25) is 0 Å². The fourth-order valence-corrected chi connectivity index (χ4v) is 2.29. The van der Waals surface area contributed by atoms with Crippen molar-refractivity contribution in [3.8, 4) is 11.5 Å². The zero-order valence-corrected chi connectivity index (χ0v) is 12.7. The SMILES string of the molecule is COC(=O)C(O)(c1ccccc1)c1ccc(OC)c(OC)c1. The maximum atomic E-state index is 12.2. The smallest absolute Gasteiger partial charge is 0.347 e. The third-order valence-corrected chi connectivity index (χ3v) is 3.47. The first-order valence-electron chi connectivity index (χ1n) is 6.66. The number of methoxy groups -OCH3 is 3. The van der Waals surface area contributed by atoms with Crippen LogP contribution in [-0.2, 0) is 15.1 Å². The Morgan fingerprint density at radius 1 is 0.909 bits per heavy atom. The minimum atomic E-state index is -1.92. The minimum Gasteiger partial charge on any atom is -0.493 e. The number of esters is 1. The molecule has 1 unspecified atom stereocenters. The Morgan fingerprint density at radius 3 is 2.09 bits per heavy atom. The number of rotatable bonds is 5. The molecule has 22 heavy (non-hydrogen) atoms. The quantitative estimate of drug-likeness (QED) is 0.857. The fraction of sp³-hybridized carbons (Fsp3) is 0.235. The Kier molecular flexibility index (Phi) is 4.68. The zero-order valence-electron chi connectivity index (χ0n) is 12.7. The number of benzene rings is 2. The summed E-state index contributed by atoms with van der Waals surface area (Å²) in [6.07, 6.45) is 0. The highest BCUT2D eigenvalue weighted by molar-refractivity contribution is 5.85. The molecule has 116 valence electrons. The third-order valence-electron chi connectivity index (χ3n) is 3.47. The van der Waals surface area contributed by atoms with Crippen LogP contribution in [0.3, 0.4) is 0 Å². The highest BCUT2D eigenvalue weighted by Gasteiger charge is 2.41. The maximum absolute atomic E-state index is 12.2. The van der Waals surface area contributed by atoms with Gasteiger partial charge in [0.1, 0.15) is 0 Å². The van der Waals surface area contributed by atoms with E-state index in [9.17, 15) is 9.90 Å². The van der Waals surface area contributed by atoms with Gasteiger partial charge in [0.05, 0.1) is 21.3 Å². The largest absolute Gasteiger partial charge is 0.493 e. The lowest BCUT2D eigenvalue weighted by Gasteiger charge is -2.26. The van der Waals surface area contributed by atoms with Crippen LogP contribution in [0.5, 0.6) is 11.5 Å². The fourth-order valence-electron chi connectivity index (χ4n) is 2.29. The molecule has 0 fully saturated rings. The number of carbonyl (C=O) groups is 1. The first kappa shape index (κ1) is 15.9. The van der Waals surface area contributed by atoms with E-state index < -0.39 is 11.6 Å². The summed E-state index contributed by atoms with van der Waals surface area (Å²) in [5.74, 6) is 0.149. The molecule has 1 atom stereocenters. The van der Waals surface area contributed by atoms with Crippen LogP contribution in [0.15, 0.2) is 48.5 Å². The predicted octanol–water partition coefficient (Wildman–Crippen LogP) is 2.11. The number of hydrogen-bond donors (Lipinski definition) is 1. The molecule has 2 aromatic carbocycles. The Labute approximate surface area is 129 Å². The van der Waals surface area contributed by atoms with Crippen LogP contribution in [0.2, 0.25) is 0 Å². The second-order valence-corrected chi connectivity index (χ2v) is 4.64. The van der Waals surface area contributed by atoms with Gasteiger partial charge in [0.15, 0.2) is 11.5 Å². The topological polar surface area (TPSA) is 65.0 Å². The van der Waals surface area contributed by atoms with Crippen molar-refractivity contribution in [2.75, 3.05) is 21.3 Å². The van der Waals surface area contributed by atoms with Gasteiger partial charge in [-0.1, -0.05) is 36.4 Å². The average molecular weight is 302 g/mol. The van der Waals surface area contributed by atoms with Gasteiger partial charge in [-0.05, 0) is 17.7 Å². The molecule has 1 N–H and O–H groups in total. The molecule has 0 aromatic heterocycles. The molecule has 2 rings (SSSR count). The molecule has 2 aromatic rings. The summed E-state index contributed by atoms with van der Waals surface area (Å²) in [7, 11) is 4.24. The predicted molar refractivity (Wildman–Crippen MR) is 81.0 cm³/mol. The molecule has 5 heteroatoms. The monoisotopic (exact) mass is 302 g/mol. The molecule has 0 radical (unpaired) electrons. The molecule has 0 saturated heterocycles. The van der Waals surface area contributed by atoms with Crippen LogP contribution < -0.4 is 9.47 Å². The molecule has 0 spiro atoms. The van der Waals surface area contributed by atoms with Crippen molar-refractivity contribution in [3.63, 3.8) is 0 Å². The van der Waals surface area contributed by atoms with Gasteiger partial charge in [0.2, 0.25) is 5.60 Å². The Morgan fingerprint density at radius 2 is 1.55 bits per heavy atom. The van der Waals surface area contributed by atoms with Crippen molar-refractivity contribution in [3.05, 3.63) is 59.7 Å². The van der Waals surface area contributed by atoms with Gasteiger partial charge in [-0.2, -0.15) is 0 Å². The van der Waals surface area contributed by atoms with Crippen LogP contribution in [0.1, 0.15) is 11.1 Å². The van der Waals surface area contributed by atoms with Crippen molar-refractivity contribution >= 4 is 5.97 Å². The van der Waals surface area contributed by atoms with E-state index in [0.29, 0.717) is 22.6 Å². The molecule has 0 aliphatic carbocycles. The van der Waals surface area contributed by atoms with Gasteiger partial charge >= 0.3 is 5.97 Å². The second-order valence-electron chi connectivity index (χ2n) is 4.64. The Balaban J connectivity index is 2.63. The van der Waals surface area contributed by atoms with E-state index in [0.717, 1.165) is 0 Å². The van der Waals surface area contributed by atoms with Gasteiger partial charge in [0.25, 0.3) is 0 Å². The van der Waals surface area contributed by atoms with Gasteiger partial charge in [0, 0.05) is 5.56 Å². The summed E-state index contributed by atoms with van der Waals surface area (Å²) < 4.78 is 15.2. The highest BCUT2D eigenvalue weighted by atomic mass is 16.5. The molecule has 0 bridgehead atoms. The van der Waals surface area contributed by atoms with E-state index >= 15 is 0 Å². The van der Waals surface area contributed by atoms with Crippen molar-refractivity contribution in [2.24, 2.45) is 0 Å². The van der Waals surface area contributed by atoms with Crippen molar-refractivity contribution in [1.29, 1.82) is 0 Å². The minimum absolute atomic E-state index is 0.336. The normalized spacial score (nSPS) is 13.1. The highest BCUT2D eigenvalue weighted by Crippen LogP contribution is 2.36. The molecule has 0 saturated carbocycles. The summed E-state index contributed by atoms with van der Waals surface area (Å²) in [6, 6.07) is 13.4. The summed E-state index contributed by atoms with van der Waals surface area (Å²) in [5, 5.41) is 11.0. The van der Waals surface area contributed by atoms with Crippen molar-refractivity contribution in [2.45, 2.75) is 5.60 Å². The van der Waals surface area contributed by atoms with Crippen LogP contribution in [0, 0.1) is 0 Å². The van der Waals surface area contributed by atoms with E-state index in [1.807, 2.05) is 0 Å². The van der Waals surface area contributed by atoms with Gasteiger partial charge < -0.3 is 19.3 Å². The molecule has 0 aliphatic heterocycles. The Hall–Kier alpha value is -2.53. The number of carbonyl (C=O) groups excluding carboxylic acids is 1. The van der Waals surface area contributed by atoms with Crippen LogP contribution in [0.25, 0.3) is 0 Å². The van der Waals surface area contributed by atoms with Crippen molar-refractivity contribution < 1.29 is 24.1 Å². The van der Waals surface area contributed by atoms with E-state index in [-0.39, 0.29) is 0 Å². The second kappa shape index (κ2) is 6.49. The van der Waals surface area contributed by atoms with Gasteiger partial charge in [-0.25, -0.2) is 4.79 Å². The molecule has 0 amide bonds. The average Bonchev–Trinajstić information content (AvgIpc) is 2.60. The van der Waals surface area contributed by atoms with E-state index in [1.165, 1.54) is 21.3 Å². The molecule has 0 heterocycles. The van der Waals surface area contributed by atoms with Crippen LogP contribution in [0.4, 0.5) is 0 Å². The standard InChI is InChI=1S/C17H18O5/c1-20-14-10-9-13(11-15(14)21-2)17(19,16(18)22-3)12-7-5-4-6-8-12/h4-11,19H,1-3H3. The number of hydrogen-bond acceptors (Lipinski definition) is 5. The lowest BCUT2D eigenvalue weighted by Crippen LogP contribution is -2.38. The summed E-state index contributed by atoms with van der Waals surface area (Å²) >= 11 is 0. The third kappa shape index (κ3) is 2.63. The number of aliphatic hydroxyl groups is 1. The molecular formula is C17H18O5.